The van der Waals surface area contributed by atoms with Gasteiger partial charge in [-0.1, -0.05) is 6.92 Å². The minimum atomic E-state index is 0.103. The van der Waals surface area contributed by atoms with E-state index in [0.29, 0.717) is 0 Å². The van der Waals surface area contributed by atoms with Crippen LogP contribution in [0.5, 0.6) is 0 Å². The molecule has 0 saturated heterocycles. The Morgan fingerprint density at radius 2 is 1.75 bits per heavy atom. The van der Waals surface area contributed by atoms with Gasteiger partial charge in [0.15, 0.2) is 0 Å². The third kappa shape index (κ3) is 2.31. The van der Waals surface area contributed by atoms with Crippen LogP contribution in [0.4, 0.5) is 0 Å². The van der Waals surface area contributed by atoms with Gasteiger partial charge in [0.1, 0.15) is 0 Å². The lowest BCUT2D eigenvalue weighted by atomic mass is 9.93. The number of hydrogen-bond donors (Lipinski definition) is 2. The molecule has 0 heterocycles. The lowest BCUT2D eigenvalue weighted by Gasteiger charge is -2.22. The van der Waals surface area contributed by atoms with Gasteiger partial charge in [-0.25, -0.2) is 0 Å². The summed E-state index contributed by atoms with van der Waals surface area (Å²) in [6.07, 6.45) is 1.06. The molecule has 0 nitrogen and oxygen atoms in total. The van der Waals surface area contributed by atoms with Gasteiger partial charge in [-0.05, 0) is 30.3 Å². The van der Waals surface area contributed by atoms with E-state index >= 15 is 0 Å². The Bertz CT molecular complexity index is 49.3. The normalized spacial score (nSPS) is 12.0. The summed E-state index contributed by atoms with van der Waals surface area (Å²) in [5.74, 6) is 1.65. The molecule has 0 atom stereocenters. The molecule has 0 rings (SSSR count). The quantitative estimate of drug-likeness (QED) is 0.564. The molecule has 2 heteroatoms. The first kappa shape index (κ1) is 8.70. The van der Waals surface area contributed by atoms with Crippen LogP contribution in [0, 0.1) is 12.3 Å². The van der Waals surface area contributed by atoms with Crippen LogP contribution < -0.4 is 0 Å². The number of hydrogen-bond acceptors (Lipinski definition) is 2. The SMILES string of the molecule is [CH2]C(CC)(CS)CS. The highest BCUT2D eigenvalue weighted by atomic mass is 32.1. The van der Waals surface area contributed by atoms with E-state index in [-0.39, 0.29) is 5.41 Å². The summed E-state index contributed by atoms with van der Waals surface area (Å²) in [4.78, 5) is 0. The lowest BCUT2D eigenvalue weighted by molar-refractivity contribution is 0.481. The summed E-state index contributed by atoms with van der Waals surface area (Å²) in [6, 6.07) is 0. The van der Waals surface area contributed by atoms with Gasteiger partial charge in [0.2, 0.25) is 0 Å². The molecule has 0 aromatic carbocycles. The monoisotopic (exact) mass is 149 g/mol. The van der Waals surface area contributed by atoms with Crippen molar-refractivity contribution in [1.82, 2.24) is 0 Å². The van der Waals surface area contributed by atoms with E-state index in [1.54, 1.807) is 0 Å². The molecule has 0 fully saturated rings. The van der Waals surface area contributed by atoms with Crippen LogP contribution in [0.2, 0.25) is 0 Å². The van der Waals surface area contributed by atoms with Crippen LogP contribution in [0.25, 0.3) is 0 Å². The average Bonchev–Trinajstić information content (AvgIpc) is 1.87. The zero-order chi connectivity index (χ0) is 6.62. The van der Waals surface area contributed by atoms with Gasteiger partial charge < -0.3 is 0 Å². The summed E-state index contributed by atoms with van der Waals surface area (Å²) >= 11 is 8.30. The first-order valence-electron chi connectivity index (χ1n) is 2.75. The molecule has 0 spiro atoms. The van der Waals surface area contributed by atoms with E-state index in [9.17, 15) is 0 Å². The Hall–Kier alpha value is 0.700. The van der Waals surface area contributed by atoms with Gasteiger partial charge in [0.05, 0.1) is 0 Å². The van der Waals surface area contributed by atoms with Crippen molar-refractivity contribution in [2.75, 3.05) is 11.5 Å². The average molecular weight is 149 g/mol. The predicted molar refractivity (Wildman–Crippen MR) is 45.8 cm³/mol. The van der Waals surface area contributed by atoms with E-state index in [1.165, 1.54) is 0 Å². The Labute approximate surface area is 62.9 Å². The summed E-state index contributed by atoms with van der Waals surface area (Å²) < 4.78 is 0. The van der Waals surface area contributed by atoms with E-state index in [2.05, 4.69) is 39.1 Å². The molecule has 0 aliphatic rings. The Morgan fingerprint density at radius 1 is 1.38 bits per heavy atom. The Balaban J connectivity index is 3.58. The Morgan fingerprint density at radius 3 is 1.75 bits per heavy atom. The van der Waals surface area contributed by atoms with Gasteiger partial charge in [0.25, 0.3) is 0 Å². The van der Waals surface area contributed by atoms with Crippen molar-refractivity contribution in [2.24, 2.45) is 5.41 Å². The molecule has 0 N–H and O–H groups in total. The highest BCUT2D eigenvalue weighted by molar-refractivity contribution is 7.81. The second-order valence-corrected chi connectivity index (χ2v) is 2.80. The fraction of sp³-hybridized carbons (Fsp3) is 0.833. The second kappa shape index (κ2) is 3.67. The topological polar surface area (TPSA) is 0 Å². The molecule has 0 bridgehead atoms. The maximum absolute atomic E-state index is 4.15. The van der Waals surface area contributed by atoms with Crippen LogP contribution in [0.15, 0.2) is 0 Å². The van der Waals surface area contributed by atoms with Gasteiger partial charge in [-0.2, -0.15) is 25.3 Å². The van der Waals surface area contributed by atoms with Crippen LogP contribution in [0.3, 0.4) is 0 Å². The molecule has 0 unspecified atom stereocenters. The minimum Gasteiger partial charge on any atom is -0.179 e. The van der Waals surface area contributed by atoms with Crippen molar-refractivity contribution in [3.05, 3.63) is 6.92 Å². The molecule has 0 aromatic rings. The molecule has 49 valence electrons. The van der Waals surface area contributed by atoms with E-state index in [4.69, 9.17) is 0 Å². The minimum absolute atomic E-state index is 0.103. The lowest BCUT2D eigenvalue weighted by Crippen LogP contribution is -2.19. The van der Waals surface area contributed by atoms with E-state index < -0.39 is 0 Å². The predicted octanol–water partition coefficient (Wildman–Crippen LogP) is 2.08. The summed E-state index contributed by atoms with van der Waals surface area (Å²) in [6.45, 7) is 6.08. The summed E-state index contributed by atoms with van der Waals surface area (Å²) in [5, 5.41) is 0. The third-order valence-electron chi connectivity index (χ3n) is 1.42. The van der Waals surface area contributed by atoms with Crippen LogP contribution in [-0.2, 0) is 0 Å². The van der Waals surface area contributed by atoms with Crippen molar-refractivity contribution in [3.63, 3.8) is 0 Å². The van der Waals surface area contributed by atoms with Gasteiger partial charge >= 0.3 is 0 Å². The highest BCUT2D eigenvalue weighted by Gasteiger charge is 2.16. The van der Waals surface area contributed by atoms with Crippen molar-refractivity contribution >= 4 is 25.3 Å². The van der Waals surface area contributed by atoms with Crippen LogP contribution >= 0.6 is 25.3 Å². The van der Waals surface area contributed by atoms with E-state index in [0.717, 1.165) is 17.9 Å². The van der Waals surface area contributed by atoms with Gasteiger partial charge in [-0.3, -0.25) is 0 Å². The fourth-order valence-corrected chi connectivity index (χ4v) is 1.12. The van der Waals surface area contributed by atoms with Crippen molar-refractivity contribution < 1.29 is 0 Å². The summed E-state index contributed by atoms with van der Waals surface area (Å²) in [5.41, 5.74) is 0.103. The third-order valence-corrected chi connectivity index (χ3v) is 2.76. The van der Waals surface area contributed by atoms with Crippen molar-refractivity contribution in [3.8, 4) is 0 Å². The molecule has 0 aliphatic carbocycles. The maximum Gasteiger partial charge on any atom is -0.00334 e. The van der Waals surface area contributed by atoms with Crippen molar-refractivity contribution in [2.45, 2.75) is 13.3 Å². The molecule has 1 radical (unpaired) electrons. The first-order chi connectivity index (χ1) is 3.68. The molecular weight excluding hydrogens is 136 g/mol. The second-order valence-electron chi connectivity index (χ2n) is 2.17. The highest BCUT2D eigenvalue weighted by Crippen LogP contribution is 2.22. The van der Waals surface area contributed by atoms with Gasteiger partial charge in [-0.15, -0.1) is 0 Å². The zero-order valence-corrected chi connectivity index (χ0v) is 7.01. The van der Waals surface area contributed by atoms with Crippen LogP contribution in [-0.4, -0.2) is 11.5 Å². The number of rotatable bonds is 3. The number of thiol groups is 2. The maximum atomic E-state index is 4.15. The van der Waals surface area contributed by atoms with Crippen LogP contribution in [0.1, 0.15) is 13.3 Å². The molecule has 0 aliphatic heterocycles. The Kier molecular flexibility index (Phi) is 4.00. The fourth-order valence-electron chi connectivity index (χ4n) is 0.274. The van der Waals surface area contributed by atoms with E-state index in [1.807, 2.05) is 0 Å². The molecule has 0 amide bonds. The van der Waals surface area contributed by atoms with Crippen molar-refractivity contribution in [1.29, 1.82) is 0 Å². The first-order valence-corrected chi connectivity index (χ1v) is 4.02. The zero-order valence-electron chi connectivity index (χ0n) is 5.22. The smallest absolute Gasteiger partial charge is 0.00334 e. The van der Waals surface area contributed by atoms with Gasteiger partial charge in [0, 0.05) is 0 Å². The molecule has 0 aromatic heterocycles. The largest absolute Gasteiger partial charge is 0.179 e. The standard InChI is InChI=1S/C6H13S2/c1-3-6(2,4-7)5-8/h7-8H,2-5H2,1H3. The molecule has 8 heavy (non-hydrogen) atoms. The molecular formula is C6H13S2. The summed E-state index contributed by atoms with van der Waals surface area (Å²) in [7, 11) is 0. The molecule has 0 saturated carbocycles.